The molecule has 0 saturated carbocycles. The van der Waals surface area contributed by atoms with Crippen LogP contribution in [0.15, 0.2) is 84.1 Å². The van der Waals surface area contributed by atoms with E-state index in [1.165, 1.54) is 0 Å². The van der Waals surface area contributed by atoms with Crippen molar-refractivity contribution in [2.75, 3.05) is 48.9 Å². The summed E-state index contributed by atoms with van der Waals surface area (Å²) in [7, 11) is 4.09. The van der Waals surface area contributed by atoms with Crippen molar-refractivity contribution in [2.45, 2.75) is 19.0 Å². The lowest BCUT2D eigenvalue weighted by Crippen LogP contribution is -2.21. The normalized spacial score (nSPS) is 16.6. The first-order chi connectivity index (χ1) is 18.9. The van der Waals surface area contributed by atoms with Gasteiger partial charge >= 0.3 is 0 Å². The molecule has 2 atom stereocenters. The van der Waals surface area contributed by atoms with Gasteiger partial charge in [-0.3, -0.25) is 9.79 Å². The van der Waals surface area contributed by atoms with Crippen LogP contribution in [0, 0.1) is 0 Å². The Bertz CT molecular complexity index is 1530. The molecule has 200 valence electrons. The molecular weight excluding hydrogens is 490 g/mol. The lowest BCUT2D eigenvalue weighted by molar-refractivity contribution is 0.102. The number of benzene rings is 2. The highest BCUT2D eigenvalue weighted by Gasteiger charge is 2.30. The molecule has 5 rings (SSSR count). The maximum Gasteiger partial charge on any atom is 0.255 e. The Morgan fingerprint density at radius 3 is 2.69 bits per heavy atom. The number of anilines is 5. The van der Waals surface area contributed by atoms with Crippen molar-refractivity contribution in [1.82, 2.24) is 19.4 Å². The van der Waals surface area contributed by atoms with Gasteiger partial charge in [-0.15, -0.1) is 0 Å². The van der Waals surface area contributed by atoms with Gasteiger partial charge in [-0.05, 0) is 69.6 Å². The van der Waals surface area contributed by atoms with E-state index in [4.69, 9.17) is 10.7 Å². The fourth-order valence-electron chi connectivity index (χ4n) is 4.52. The number of rotatable bonds is 8. The molecule has 0 radical (unpaired) electrons. The van der Waals surface area contributed by atoms with Gasteiger partial charge in [0.15, 0.2) is 0 Å². The van der Waals surface area contributed by atoms with Crippen LogP contribution in [-0.2, 0) is 0 Å². The fourth-order valence-corrected chi connectivity index (χ4v) is 4.52. The van der Waals surface area contributed by atoms with Crippen LogP contribution in [0.2, 0.25) is 0 Å². The topological polar surface area (TPSA) is 125 Å². The van der Waals surface area contributed by atoms with E-state index in [-0.39, 0.29) is 18.0 Å². The second-order valence-electron chi connectivity index (χ2n) is 9.79. The maximum absolute atomic E-state index is 12.6. The van der Waals surface area contributed by atoms with Crippen molar-refractivity contribution in [3.05, 3.63) is 95.7 Å². The SMILES string of the molecule is CC1Nc2cc(=NCCN(C)C)ccn2C1c1ccnc(Nc2ccc(C(=O)Nc3ccccc3N)cc2)n1. The van der Waals surface area contributed by atoms with E-state index < -0.39 is 0 Å². The summed E-state index contributed by atoms with van der Waals surface area (Å²) in [4.78, 5) is 28.7. The zero-order valence-electron chi connectivity index (χ0n) is 22.3. The highest BCUT2D eigenvalue weighted by atomic mass is 16.1. The van der Waals surface area contributed by atoms with Gasteiger partial charge in [0.1, 0.15) is 5.82 Å². The summed E-state index contributed by atoms with van der Waals surface area (Å²) in [5.74, 6) is 1.26. The van der Waals surface area contributed by atoms with Crippen LogP contribution in [0.1, 0.15) is 29.0 Å². The molecule has 2 unspecified atom stereocenters. The van der Waals surface area contributed by atoms with Crippen LogP contribution >= 0.6 is 0 Å². The maximum atomic E-state index is 12.6. The van der Waals surface area contributed by atoms with E-state index in [0.29, 0.717) is 22.9 Å². The molecule has 2 aromatic heterocycles. The van der Waals surface area contributed by atoms with Crippen LogP contribution in [0.3, 0.4) is 0 Å². The molecule has 1 aliphatic rings. The van der Waals surface area contributed by atoms with Crippen molar-refractivity contribution >= 4 is 34.7 Å². The van der Waals surface area contributed by atoms with Crippen molar-refractivity contribution in [3.63, 3.8) is 0 Å². The van der Waals surface area contributed by atoms with Gasteiger partial charge in [-0.2, -0.15) is 0 Å². The first-order valence-corrected chi connectivity index (χ1v) is 12.9. The van der Waals surface area contributed by atoms with Crippen LogP contribution < -0.4 is 27.0 Å². The zero-order valence-corrected chi connectivity index (χ0v) is 22.3. The molecule has 0 fully saturated rings. The molecular formula is C29H33N9O. The number of carbonyl (C=O) groups is 1. The summed E-state index contributed by atoms with van der Waals surface area (Å²) >= 11 is 0. The Balaban J connectivity index is 1.28. The second kappa shape index (κ2) is 11.4. The Morgan fingerprint density at radius 1 is 1.13 bits per heavy atom. The van der Waals surface area contributed by atoms with Gasteiger partial charge in [0.25, 0.3) is 5.91 Å². The van der Waals surface area contributed by atoms with Crippen molar-refractivity contribution < 1.29 is 4.79 Å². The standard InChI is InChI=1S/C29H33N9O/c1-19-27(38-16-13-22(18-26(38)33-19)31-15-17-37(2)3)25-12-14-32-29(36-25)34-21-10-8-20(9-11-21)28(39)35-24-7-5-4-6-23(24)30/h4-14,16,18-19,27,33H,15,17,30H2,1-3H3,(H,35,39)(H,32,34,36). The Labute approximate surface area is 227 Å². The number of hydrogen-bond donors (Lipinski definition) is 4. The zero-order chi connectivity index (χ0) is 27.4. The number of carbonyl (C=O) groups excluding carboxylic acids is 1. The number of nitrogens with zero attached hydrogens (tertiary/aromatic N) is 5. The molecule has 5 N–H and O–H groups in total. The van der Waals surface area contributed by atoms with Crippen LogP contribution in [0.5, 0.6) is 0 Å². The van der Waals surface area contributed by atoms with E-state index in [9.17, 15) is 4.79 Å². The number of likely N-dealkylation sites (N-methyl/N-ethyl adjacent to an activating group) is 1. The number of hydrogen-bond acceptors (Lipinski definition) is 8. The Kier molecular flexibility index (Phi) is 7.55. The van der Waals surface area contributed by atoms with Crippen molar-refractivity contribution in [1.29, 1.82) is 0 Å². The predicted octanol–water partition coefficient (Wildman–Crippen LogP) is 3.72. The number of aromatic nitrogens is 3. The molecule has 3 heterocycles. The third-order valence-electron chi connectivity index (χ3n) is 6.55. The van der Waals surface area contributed by atoms with Crippen LogP contribution in [-0.4, -0.2) is 58.6 Å². The van der Waals surface area contributed by atoms with E-state index in [0.717, 1.165) is 35.6 Å². The molecule has 0 spiro atoms. The monoisotopic (exact) mass is 523 g/mol. The third-order valence-corrected chi connectivity index (χ3v) is 6.55. The molecule has 10 heteroatoms. The van der Waals surface area contributed by atoms with Gasteiger partial charge in [-0.1, -0.05) is 12.1 Å². The molecule has 0 aliphatic carbocycles. The Morgan fingerprint density at radius 2 is 1.92 bits per heavy atom. The summed E-state index contributed by atoms with van der Waals surface area (Å²) in [5, 5.41) is 10.6. The van der Waals surface area contributed by atoms with E-state index in [2.05, 4.69) is 54.6 Å². The molecule has 0 saturated heterocycles. The molecule has 2 aromatic carbocycles. The lowest BCUT2D eigenvalue weighted by Gasteiger charge is -2.18. The number of para-hydroxylation sites is 2. The van der Waals surface area contributed by atoms with Crippen molar-refractivity contribution in [3.8, 4) is 0 Å². The minimum Gasteiger partial charge on any atom is -0.397 e. The predicted molar refractivity (Wildman–Crippen MR) is 155 cm³/mol. The van der Waals surface area contributed by atoms with Crippen LogP contribution in [0.4, 0.5) is 28.8 Å². The number of amides is 1. The van der Waals surface area contributed by atoms with Gasteiger partial charge in [0.2, 0.25) is 5.95 Å². The highest BCUT2D eigenvalue weighted by molar-refractivity contribution is 6.05. The molecule has 4 aromatic rings. The number of nitrogens with two attached hydrogens (primary N) is 1. The third kappa shape index (κ3) is 6.07. The summed E-state index contributed by atoms with van der Waals surface area (Å²) < 4.78 is 2.19. The number of nitrogen functional groups attached to an aromatic ring is 1. The van der Waals surface area contributed by atoms with Crippen LogP contribution in [0.25, 0.3) is 0 Å². The smallest absolute Gasteiger partial charge is 0.255 e. The summed E-state index contributed by atoms with van der Waals surface area (Å²) in [6, 6.07) is 20.5. The minimum atomic E-state index is -0.232. The number of fused-ring (bicyclic) bond motifs is 1. The fraction of sp³-hybridized carbons (Fsp3) is 0.241. The van der Waals surface area contributed by atoms with E-state index in [1.807, 2.05) is 50.5 Å². The summed E-state index contributed by atoms with van der Waals surface area (Å²) in [6.45, 7) is 3.80. The molecule has 1 amide bonds. The van der Waals surface area contributed by atoms with Gasteiger partial charge in [0, 0.05) is 36.3 Å². The second-order valence-corrected chi connectivity index (χ2v) is 9.79. The highest BCUT2D eigenvalue weighted by Crippen LogP contribution is 2.32. The number of nitrogens with one attached hydrogen (secondary N) is 3. The first-order valence-electron chi connectivity index (χ1n) is 12.9. The average molecular weight is 524 g/mol. The first kappa shape index (κ1) is 25.9. The van der Waals surface area contributed by atoms with Gasteiger partial charge < -0.3 is 31.2 Å². The number of pyridine rings is 1. The molecule has 1 aliphatic heterocycles. The van der Waals surface area contributed by atoms with Crippen molar-refractivity contribution in [2.24, 2.45) is 4.99 Å². The summed E-state index contributed by atoms with van der Waals surface area (Å²) in [6.07, 6.45) is 3.82. The molecule has 0 bridgehead atoms. The quantitative estimate of drug-likeness (QED) is 0.259. The largest absolute Gasteiger partial charge is 0.397 e. The molecule has 39 heavy (non-hydrogen) atoms. The molecule has 10 nitrogen and oxygen atoms in total. The Hall–Kier alpha value is -4.70. The minimum absolute atomic E-state index is 0.0101. The van der Waals surface area contributed by atoms with Gasteiger partial charge in [0.05, 0.1) is 41.1 Å². The van der Waals surface area contributed by atoms with E-state index in [1.54, 1.807) is 30.5 Å². The van der Waals surface area contributed by atoms with Gasteiger partial charge in [-0.25, -0.2) is 9.97 Å². The lowest BCUT2D eigenvalue weighted by atomic mass is 10.1. The summed E-state index contributed by atoms with van der Waals surface area (Å²) in [5.41, 5.74) is 9.22. The average Bonchev–Trinajstić information content (AvgIpc) is 3.25. The van der Waals surface area contributed by atoms with E-state index >= 15 is 0 Å².